The zero-order valence-electron chi connectivity index (χ0n) is 11.7. The predicted octanol–water partition coefficient (Wildman–Crippen LogP) is 1.33. The van der Waals surface area contributed by atoms with Crippen molar-refractivity contribution < 1.29 is 14.3 Å². The number of hydrogen-bond donors (Lipinski definition) is 2. The molecule has 1 amide bonds. The van der Waals surface area contributed by atoms with Crippen LogP contribution in [0.1, 0.15) is 15.4 Å². The topological polar surface area (TPSA) is 86.5 Å². The Labute approximate surface area is 126 Å². The van der Waals surface area contributed by atoms with Crippen molar-refractivity contribution in [3.63, 3.8) is 0 Å². The Bertz CT molecular complexity index is 665. The minimum atomic E-state index is -0.192. The smallest absolute Gasteiger partial charge is 0.263 e. The lowest BCUT2D eigenvalue weighted by atomic mass is 10.2. The molecule has 0 bridgehead atoms. The highest BCUT2D eigenvalue weighted by atomic mass is 32.1. The maximum absolute atomic E-state index is 12.3. The van der Waals surface area contributed by atoms with Gasteiger partial charge in [0.15, 0.2) is 0 Å². The average Bonchev–Trinajstić information content (AvgIpc) is 2.82. The van der Waals surface area contributed by atoms with Crippen LogP contribution in [0.25, 0.3) is 10.2 Å². The van der Waals surface area contributed by atoms with Gasteiger partial charge in [-0.05, 0) is 19.1 Å². The molecule has 1 aliphatic rings. The summed E-state index contributed by atoms with van der Waals surface area (Å²) in [6.07, 6.45) is -0.0985. The molecule has 1 aliphatic heterocycles. The van der Waals surface area contributed by atoms with Gasteiger partial charge in [0.05, 0.1) is 31.6 Å². The molecule has 3 rings (SSSR count). The number of anilines is 1. The van der Waals surface area contributed by atoms with Crippen LogP contribution in [0.2, 0.25) is 0 Å². The standard InChI is InChI=1S/C14H17N3O3S/c1-8-2-3-10-11(15)12(21-14(10)17-8)13(18)16-6-9-7-19-4-5-20-9/h2-3,9H,4-7,15H2,1H3,(H,16,18). The molecular formula is C14H17N3O3S. The van der Waals surface area contributed by atoms with E-state index in [1.54, 1.807) is 0 Å². The molecule has 21 heavy (non-hydrogen) atoms. The number of aryl methyl sites for hydroxylation is 1. The summed E-state index contributed by atoms with van der Waals surface area (Å²) in [6.45, 7) is 4.00. The minimum absolute atomic E-state index is 0.0985. The van der Waals surface area contributed by atoms with Crippen LogP contribution in [-0.4, -0.2) is 43.4 Å². The summed E-state index contributed by atoms with van der Waals surface area (Å²) in [4.78, 5) is 17.9. The molecule has 0 saturated carbocycles. The van der Waals surface area contributed by atoms with Crippen LogP contribution in [0.4, 0.5) is 5.69 Å². The molecule has 112 valence electrons. The van der Waals surface area contributed by atoms with E-state index in [9.17, 15) is 4.79 Å². The summed E-state index contributed by atoms with van der Waals surface area (Å²) >= 11 is 1.31. The fourth-order valence-corrected chi connectivity index (χ4v) is 3.26. The van der Waals surface area contributed by atoms with Gasteiger partial charge in [-0.15, -0.1) is 11.3 Å². The van der Waals surface area contributed by atoms with E-state index in [0.29, 0.717) is 36.9 Å². The van der Waals surface area contributed by atoms with Crippen molar-refractivity contribution in [2.75, 3.05) is 32.1 Å². The van der Waals surface area contributed by atoms with Crippen molar-refractivity contribution in [3.05, 3.63) is 22.7 Å². The molecular weight excluding hydrogens is 290 g/mol. The molecule has 2 aromatic heterocycles. The molecule has 1 atom stereocenters. The van der Waals surface area contributed by atoms with E-state index in [4.69, 9.17) is 15.2 Å². The lowest BCUT2D eigenvalue weighted by molar-refractivity contribution is -0.0855. The van der Waals surface area contributed by atoms with Crippen LogP contribution in [0.5, 0.6) is 0 Å². The SMILES string of the molecule is Cc1ccc2c(N)c(C(=O)NCC3COCCO3)sc2n1. The number of carbonyl (C=O) groups is 1. The second-order valence-electron chi connectivity index (χ2n) is 4.93. The summed E-state index contributed by atoms with van der Waals surface area (Å²) in [6, 6.07) is 3.79. The van der Waals surface area contributed by atoms with Crippen molar-refractivity contribution in [1.29, 1.82) is 0 Å². The quantitative estimate of drug-likeness (QED) is 0.893. The van der Waals surface area contributed by atoms with Crippen molar-refractivity contribution >= 4 is 33.1 Å². The molecule has 6 nitrogen and oxygen atoms in total. The van der Waals surface area contributed by atoms with E-state index in [1.165, 1.54) is 11.3 Å². The molecule has 0 radical (unpaired) electrons. The third kappa shape index (κ3) is 2.99. The molecule has 3 heterocycles. The largest absolute Gasteiger partial charge is 0.397 e. The van der Waals surface area contributed by atoms with Gasteiger partial charge in [-0.2, -0.15) is 0 Å². The van der Waals surface area contributed by atoms with Crippen LogP contribution in [0.3, 0.4) is 0 Å². The lowest BCUT2D eigenvalue weighted by Gasteiger charge is -2.22. The zero-order valence-corrected chi connectivity index (χ0v) is 12.5. The number of fused-ring (bicyclic) bond motifs is 1. The normalized spacial score (nSPS) is 18.8. The number of nitrogens with zero attached hydrogens (tertiary/aromatic N) is 1. The number of carbonyl (C=O) groups excluding carboxylic acids is 1. The predicted molar refractivity (Wildman–Crippen MR) is 81.7 cm³/mol. The molecule has 1 fully saturated rings. The second-order valence-corrected chi connectivity index (χ2v) is 5.93. The molecule has 1 unspecified atom stereocenters. The van der Waals surface area contributed by atoms with Crippen LogP contribution in [0.15, 0.2) is 12.1 Å². The fraction of sp³-hybridized carbons (Fsp3) is 0.429. The molecule has 1 saturated heterocycles. The van der Waals surface area contributed by atoms with Crippen molar-refractivity contribution in [3.8, 4) is 0 Å². The van der Waals surface area contributed by atoms with Crippen LogP contribution in [0, 0.1) is 6.92 Å². The number of nitrogen functional groups attached to an aromatic ring is 1. The maximum Gasteiger partial charge on any atom is 0.263 e. The Morgan fingerprint density at radius 1 is 1.52 bits per heavy atom. The monoisotopic (exact) mass is 307 g/mol. The summed E-state index contributed by atoms with van der Waals surface area (Å²) in [5, 5.41) is 3.67. The van der Waals surface area contributed by atoms with Crippen LogP contribution in [-0.2, 0) is 9.47 Å². The number of ether oxygens (including phenoxy) is 2. The van der Waals surface area contributed by atoms with E-state index >= 15 is 0 Å². The van der Waals surface area contributed by atoms with Gasteiger partial charge in [-0.25, -0.2) is 4.98 Å². The van der Waals surface area contributed by atoms with Crippen molar-refractivity contribution in [2.24, 2.45) is 0 Å². The van der Waals surface area contributed by atoms with E-state index in [2.05, 4.69) is 10.3 Å². The van der Waals surface area contributed by atoms with Crippen molar-refractivity contribution in [1.82, 2.24) is 10.3 Å². The van der Waals surface area contributed by atoms with Crippen LogP contribution >= 0.6 is 11.3 Å². The first-order valence-corrected chi connectivity index (χ1v) is 7.60. The van der Waals surface area contributed by atoms with E-state index in [0.717, 1.165) is 15.9 Å². The highest BCUT2D eigenvalue weighted by Crippen LogP contribution is 2.32. The molecule has 0 spiro atoms. The Morgan fingerprint density at radius 3 is 3.14 bits per heavy atom. The van der Waals surface area contributed by atoms with Gasteiger partial charge < -0.3 is 20.5 Å². The first kappa shape index (κ1) is 14.2. The summed E-state index contributed by atoms with van der Waals surface area (Å²) in [5.74, 6) is -0.192. The summed E-state index contributed by atoms with van der Waals surface area (Å²) < 4.78 is 10.8. The Kier molecular flexibility index (Phi) is 4.05. The van der Waals surface area contributed by atoms with Gasteiger partial charge in [0.2, 0.25) is 0 Å². The Morgan fingerprint density at radius 2 is 2.38 bits per heavy atom. The van der Waals surface area contributed by atoms with Crippen molar-refractivity contribution in [2.45, 2.75) is 13.0 Å². The average molecular weight is 307 g/mol. The van der Waals surface area contributed by atoms with E-state index in [-0.39, 0.29) is 12.0 Å². The lowest BCUT2D eigenvalue weighted by Crippen LogP contribution is -2.39. The third-order valence-electron chi connectivity index (χ3n) is 3.31. The van der Waals surface area contributed by atoms with Gasteiger partial charge >= 0.3 is 0 Å². The molecule has 2 aromatic rings. The molecule has 3 N–H and O–H groups in total. The highest BCUT2D eigenvalue weighted by molar-refractivity contribution is 7.21. The Balaban J connectivity index is 1.73. The molecule has 7 heteroatoms. The molecule has 0 aromatic carbocycles. The van der Waals surface area contributed by atoms with E-state index in [1.807, 2.05) is 19.1 Å². The third-order valence-corrected chi connectivity index (χ3v) is 4.43. The fourth-order valence-electron chi connectivity index (χ4n) is 2.20. The van der Waals surface area contributed by atoms with Gasteiger partial charge in [0.1, 0.15) is 9.71 Å². The minimum Gasteiger partial charge on any atom is -0.397 e. The zero-order chi connectivity index (χ0) is 14.8. The summed E-state index contributed by atoms with van der Waals surface area (Å²) in [5.41, 5.74) is 7.45. The number of nitrogens with two attached hydrogens (primary N) is 1. The number of thiophene rings is 1. The van der Waals surface area contributed by atoms with Crippen LogP contribution < -0.4 is 11.1 Å². The number of aromatic nitrogens is 1. The Hall–Kier alpha value is -1.70. The van der Waals surface area contributed by atoms with Gasteiger partial charge in [-0.3, -0.25) is 4.79 Å². The van der Waals surface area contributed by atoms with Gasteiger partial charge in [0.25, 0.3) is 5.91 Å². The maximum atomic E-state index is 12.3. The number of nitrogens with one attached hydrogen (secondary N) is 1. The summed E-state index contributed by atoms with van der Waals surface area (Å²) in [7, 11) is 0. The molecule has 0 aliphatic carbocycles. The first-order valence-electron chi connectivity index (χ1n) is 6.78. The number of pyridine rings is 1. The van der Waals surface area contributed by atoms with E-state index < -0.39 is 0 Å². The number of rotatable bonds is 3. The first-order chi connectivity index (χ1) is 10.1. The van der Waals surface area contributed by atoms with Gasteiger partial charge in [0, 0.05) is 17.6 Å². The number of amides is 1. The van der Waals surface area contributed by atoms with Gasteiger partial charge in [-0.1, -0.05) is 0 Å². The second kappa shape index (κ2) is 5.97. The number of hydrogen-bond acceptors (Lipinski definition) is 6. The highest BCUT2D eigenvalue weighted by Gasteiger charge is 2.20.